The third kappa shape index (κ3) is 3.09. The van der Waals surface area contributed by atoms with Crippen LogP contribution in [0.25, 0.3) is 0 Å². The van der Waals surface area contributed by atoms with E-state index < -0.39 is 29.2 Å². The van der Waals surface area contributed by atoms with Crippen LogP contribution in [0.1, 0.15) is 27.0 Å². The molecular formula is C15H9F5O. The Balaban J connectivity index is 2.40. The van der Waals surface area contributed by atoms with E-state index in [4.69, 9.17) is 0 Å². The van der Waals surface area contributed by atoms with E-state index in [0.717, 1.165) is 12.1 Å². The Morgan fingerprint density at radius 1 is 0.905 bits per heavy atom. The summed E-state index contributed by atoms with van der Waals surface area (Å²) in [6.07, 6.45) is -4.82. The molecular weight excluding hydrogens is 291 g/mol. The van der Waals surface area contributed by atoms with Crippen LogP contribution in [0.3, 0.4) is 0 Å². The first-order chi connectivity index (χ1) is 9.70. The highest BCUT2D eigenvalue weighted by atomic mass is 19.4. The van der Waals surface area contributed by atoms with E-state index in [-0.39, 0.29) is 16.7 Å². The smallest absolute Gasteiger partial charge is 0.289 e. The molecule has 0 bridgehead atoms. The van der Waals surface area contributed by atoms with Crippen LogP contribution in [0.5, 0.6) is 0 Å². The molecule has 0 N–H and O–H groups in total. The molecule has 2 rings (SSSR count). The Labute approximate surface area is 117 Å². The molecule has 0 fully saturated rings. The van der Waals surface area contributed by atoms with Crippen molar-refractivity contribution < 1.29 is 26.7 Å². The lowest BCUT2D eigenvalue weighted by atomic mass is 10.00. The van der Waals surface area contributed by atoms with Crippen LogP contribution in [-0.2, 0) is 6.18 Å². The molecule has 0 spiro atoms. The molecule has 0 aliphatic heterocycles. The van der Waals surface area contributed by atoms with Gasteiger partial charge in [-0.25, -0.2) is 8.78 Å². The van der Waals surface area contributed by atoms with Crippen molar-refractivity contribution in [3.8, 4) is 0 Å². The fourth-order valence-electron chi connectivity index (χ4n) is 1.84. The van der Waals surface area contributed by atoms with Gasteiger partial charge >= 0.3 is 6.18 Å². The second-order valence-corrected chi connectivity index (χ2v) is 4.49. The number of halogens is 5. The van der Waals surface area contributed by atoms with Crippen molar-refractivity contribution in [2.24, 2.45) is 0 Å². The zero-order valence-electron chi connectivity index (χ0n) is 10.8. The SMILES string of the molecule is Cc1cc(C(=O)c2ccc(C(F)(F)F)c(F)c2)ccc1F. The lowest BCUT2D eigenvalue weighted by molar-refractivity contribution is -0.140. The summed E-state index contributed by atoms with van der Waals surface area (Å²) in [5.74, 6) is -2.71. The van der Waals surface area contributed by atoms with E-state index in [9.17, 15) is 26.7 Å². The van der Waals surface area contributed by atoms with E-state index in [0.29, 0.717) is 12.1 Å². The number of aryl methyl sites for hydroxylation is 1. The molecule has 6 heteroatoms. The van der Waals surface area contributed by atoms with Crippen LogP contribution in [0, 0.1) is 18.6 Å². The van der Waals surface area contributed by atoms with Crippen LogP contribution in [0.4, 0.5) is 22.0 Å². The zero-order valence-corrected chi connectivity index (χ0v) is 10.8. The number of rotatable bonds is 2. The summed E-state index contributed by atoms with van der Waals surface area (Å²) in [5.41, 5.74) is -1.37. The van der Waals surface area contributed by atoms with Gasteiger partial charge in [-0.2, -0.15) is 13.2 Å². The molecule has 0 unspecified atom stereocenters. The van der Waals surface area contributed by atoms with Gasteiger partial charge in [-0.05, 0) is 42.8 Å². The number of carbonyl (C=O) groups excluding carboxylic acids is 1. The lowest BCUT2D eigenvalue weighted by Gasteiger charge is -2.09. The Morgan fingerprint density at radius 2 is 1.48 bits per heavy atom. The number of hydrogen-bond acceptors (Lipinski definition) is 1. The summed E-state index contributed by atoms with van der Waals surface area (Å²) >= 11 is 0. The van der Waals surface area contributed by atoms with E-state index in [1.54, 1.807) is 0 Å². The molecule has 0 radical (unpaired) electrons. The molecule has 110 valence electrons. The number of hydrogen-bond donors (Lipinski definition) is 0. The second-order valence-electron chi connectivity index (χ2n) is 4.49. The van der Waals surface area contributed by atoms with Crippen molar-refractivity contribution in [1.29, 1.82) is 0 Å². The summed E-state index contributed by atoms with van der Waals surface area (Å²) in [6.45, 7) is 1.44. The lowest BCUT2D eigenvalue weighted by Crippen LogP contribution is -2.10. The molecule has 0 aliphatic carbocycles. The molecule has 2 aromatic rings. The van der Waals surface area contributed by atoms with Crippen molar-refractivity contribution in [2.45, 2.75) is 13.1 Å². The van der Waals surface area contributed by atoms with E-state index in [2.05, 4.69) is 0 Å². The standard InChI is InChI=1S/C15H9F5O/c1-8-6-9(3-5-12(8)16)14(21)10-2-4-11(13(17)7-10)15(18,19)20/h2-7H,1H3. The number of ketones is 1. The number of alkyl halides is 3. The van der Waals surface area contributed by atoms with Crippen LogP contribution in [0.2, 0.25) is 0 Å². The molecule has 0 saturated heterocycles. The van der Waals surface area contributed by atoms with Gasteiger partial charge in [0.1, 0.15) is 11.6 Å². The minimum atomic E-state index is -4.82. The molecule has 1 nitrogen and oxygen atoms in total. The van der Waals surface area contributed by atoms with Gasteiger partial charge in [0.25, 0.3) is 0 Å². The normalized spacial score (nSPS) is 11.5. The van der Waals surface area contributed by atoms with E-state index >= 15 is 0 Å². The predicted molar refractivity (Wildman–Crippen MR) is 66.0 cm³/mol. The van der Waals surface area contributed by atoms with Crippen molar-refractivity contribution in [3.05, 3.63) is 70.3 Å². The van der Waals surface area contributed by atoms with Crippen LogP contribution >= 0.6 is 0 Å². The predicted octanol–water partition coefficient (Wildman–Crippen LogP) is 4.52. The first-order valence-electron chi connectivity index (χ1n) is 5.88. The first-order valence-corrected chi connectivity index (χ1v) is 5.88. The molecule has 0 aliphatic rings. The molecule has 2 aromatic carbocycles. The molecule has 0 amide bonds. The average molecular weight is 300 g/mol. The van der Waals surface area contributed by atoms with Crippen LogP contribution in [0.15, 0.2) is 36.4 Å². The summed E-state index contributed by atoms with van der Waals surface area (Å²) in [5, 5.41) is 0. The average Bonchev–Trinajstić information content (AvgIpc) is 2.39. The summed E-state index contributed by atoms with van der Waals surface area (Å²) in [4.78, 5) is 12.1. The quantitative estimate of drug-likeness (QED) is 0.588. The largest absolute Gasteiger partial charge is 0.419 e. The Morgan fingerprint density at radius 3 is 2.00 bits per heavy atom. The minimum absolute atomic E-state index is 0.0769. The molecule has 0 aromatic heterocycles. The highest BCUT2D eigenvalue weighted by Crippen LogP contribution is 2.31. The number of carbonyl (C=O) groups is 1. The third-order valence-electron chi connectivity index (χ3n) is 2.96. The van der Waals surface area contributed by atoms with Crippen molar-refractivity contribution in [1.82, 2.24) is 0 Å². The van der Waals surface area contributed by atoms with Gasteiger partial charge in [-0.15, -0.1) is 0 Å². The third-order valence-corrected chi connectivity index (χ3v) is 2.96. The fourth-order valence-corrected chi connectivity index (χ4v) is 1.84. The van der Waals surface area contributed by atoms with E-state index in [1.807, 2.05) is 0 Å². The van der Waals surface area contributed by atoms with Crippen molar-refractivity contribution >= 4 is 5.78 Å². The topological polar surface area (TPSA) is 17.1 Å². The Kier molecular flexibility index (Phi) is 3.80. The maximum absolute atomic E-state index is 13.4. The summed E-state index contributed by atoms with van der Waals surface area (Å²) in [7, 11) is 0. The fraction of sp³-hybridized carbons (Fsp3) is 0.133. The molecule has 0 atom stereocenters. The van der Waals surface area contributed by atoms with Crippen molar-refractivity contribution in [3.63, 3.8) is 0 Å². The van der Waals surface area contributed by atoms with E-state index in [1.165, 1.54) is 19.1 Å². The van der Waals surface area contributed by atoms with Crippen molar-refractivity contribution in [2.75, 3.05) is 0 Å². The Bertz CT molecular complexity index is 704. The molecule has 21 heavy (non-hydrogen) atoms. The van der Waals surface area contributed by atoms with Gasteiger partial charge in [-0.3, -0.25) is 4.79 Å². The summed E-state index contributed by atoms with van der Waals surface area (Å²) in [6, 6.07) is 5.46. The van der Waals surface area contributed by atoms with Gasteiger partial charge in [0, 0.05) is 11.1 Å². The molecule has 0 heterocycles. The monoisotopic (exact) mass is 300 g/mol. The molecule has 0 saturated carbocycles. The van der Waals surface area contributed by atoms with Gasteiger partial charge in [0.2, 0.25) is 0 Å². The first kappa shape index (κ1) is 15.2. The zero-order chi connectivity index (χ0) is 15.8. The van der Waals surface area contributed by atoms with Gasteiger partial charge in [-0.1, -0.05) is 6.07 Å². The maximum Gasteiger partial charge on any atom is 0.419 e. The Hall–Kier alpha value is -2.24. The maximum atomic E-state index is 13.4. The second kappa shape index (κ2) is 5.27. The summed E-state index contributed by atoms with van der Waals surface area (Å²) < 4.78 is 63.9. The van der Waals surface area contributed by atoms with Crippen LogP contribution < -0.4 is 0 Å². The minimum Gasteiger partial charge on any atom is -0.289 e. The highest BCUT2D eigenvalue weighted by Gasteiger charge is 2.34. The van der Waals surface area contributed by atoms with Gasteiger partial charge in [0.15, 0.2) is 5.78 Å². The number of benzene rings is 2. The highest BCUT2D eigenvalue weighted by molar-refractivity contribution is 6.09. The van der Waals surface area contributed by atoms with Crippen LogP contribution in [-0.4, -0.2) is 5.78 Å². The van der Waals surface area contributed by atoms with Gasteiger partial charge < -0.3 is 0 Å². The van der Waals surface area contributed by atoms with Gasteiger partial charge in [0.05, 0.1) is 5.56 Å².